The molecular formula is C12H14S. The van der Waals surface area contributed by atoms with Crippen molar-refractivity contribution in [1.29, 1.82) is 0 Å². The van der Waals surface area contributed by atoms with Crippen LogP contribution in [0.3, 0.4) is 0 Å². The molecule has 0 saturated heterocycles. The Hall–Kier alpha value is -0.820. The van der Waals surface area contributed by atoms with Gasteiger partial charge in [-0.3, -0.25) is 0 Å². The fourth-order valence-corrected chi connectivity index (χ4v) is 3.22. The minimum absolute atomic E-state index is 0.0895. The fourth-order valence-electron chi connectivity index (χ4n) is 1.66. The summed E-state index contributed by atoms with van der Waals surface area (Å²) in [6.07, 6.45) is 0. The first-order valence-electron chi connectivity index (χ1n) is 4.54. The van der Waals surface area contributed by atoms with E-state index >= 15 is 0 Å². The maximum Gasteiger partial charge on any atom is 0.0126 e. The molecule has 1 unspecified atom stereocenters. The molecule has 0 amide bonds. The van der Waals surface area contributed by atoms with E-state index in [4.69, 9.17) is 0 Å². The Kier molecular flexibility index (Phi) is 2.12. The van der Waals surface area contributed by atoms with Crippen LogP contribution < -0.4 is 0 Å². The molecule has 0 spiro atoms. The van der Waals surface area contributed by atoms with Gasteiger partial charge in [-0.2, -0.15) is 0 Å². The molecule has 1 aromatic carbocycles. The van der Waals surface area contributed by atoms with Crippen molar-refractivity contribution < 1.29 is 0 Å². The van der Waals surface area contributed by atoms with Crippen LogP contribution in [0.4, 0.5) is 0 Å². The molecule has 0 aliphatic carbocycles. The number of fused-ring (bicyclic) bond motifs is 1. The average Bonchev–Trinajstić information content (AvgIpc) is 2.45. The maximum absolute atomic E-state index is 4.16. The van der Waals surface area contributed by atoms with E-state index in [1.54, 1.807) is 0 Å². The van der Waals surface area contributed by atoms with E-state index in [0.717, 1.165) is 0 Å². The second-order valence-corrected chi connectivity index (χ2v) is 5.19. The van der Waals surface area contributed by atoms with E-state index in [2.05, 4.69) is 49.4 Å². The lowest BCUT2D eigenvalue weighted by Crippen LogP contribution is -1.90. The van der Waals surface area contributed by atoms with Crippen molar-refractivity contribution in [3.05, 3.63) is 35.2 Å². The molecule has 2 rings (SSSR count). The van der Waals surface area contributed by atoms with Gasteiger partial charge in [0.25, 0.3) is 0 Å². The molecule has 0 bridgehead atoms. The van der Waals surface area contributed by atoms with E-state index in [-0.39, 0.29) is 10.5 Å². The smallest absolute Gasteiger partial charge is 0.0126 e. The second kappa shape index (κ2) is 3.15. The Morgan fingerprint density at radius 3 is 2.62 bits per heavy atom. The third kappa shape index (κ3) is 1.37. The highest BCUT2D eigenvalue weighted by molar-refractivity contribution is 8.17. The van der Waals surface area contributed by atoms with Crippen LogP contribution in [0, 0.1) is 5.92 Å². The molecule has 1 aliphatic heterocycles. The molecule has 0 radical (unpaired) electrons. The van der Waals surface area contributed by atoms with Crippen LogP contribution in [0.5, 0.6) is 0 Å². The summed E-state index contributed by atoms with van der Waals surface area (Å²) in [6, 6.07) is 8.61. The van der Waals surface area contributed by atoms with Crippen molar-refractivity contribution in [2.75, 3.05) is 0 Å². The number of hydrogen-bond donors (Lipinski definition) is 0. The van der Waals surface area contributed by atoms with Gasteiger partial charge in [0.1, 0.15) is 0 Å². The van der Waals surface area contributed by atoms with Gasteiger partial charge in [-0.1, -0.05) is 37.9 Å². The van der Waals surface area contributed by atoms with Gasteiger partial charge in [0.2, 0.25) is 0 Å². The van der Waals surface area contributed by atoms with Crippen molar-refractivity contribution in [3.8, 4) is 0 Å². The van der Waals surface area contributed by atoms with E-state index in [9.17, 15) is 0 Å². The van der Waals surface area contributed by atoms with Crippen LogP contribution >= 0.6 is 10.5 Å². The largest absolute Gasteiger partial charge is 0.137 e. The molecule has 0 aromatic heterocycles. The zero-order valence-corrected chi connectivity index (χ0v) is 8.90. The molecular weight excluding hydrogens is 176 g/mol. The van der Waals surface area contributed by atoms with Crippen LogP contribution in [0.2, 0.25) is 0 Å². The summed E-state index contributed by atoms with van der Waals surface area (Å²) < 4.78 is 0. The summed E-state index contributed by atoms with van der Waals surface area (Å²) in [5, 5.41) is 2.31. The van der Waals surface area contributed by atoms with Gasteiger partial charge in [0, 0.05) is 4.90 Å². The zero-order valence-electron chi connectivity index (χ0n) is 8.08. The molecule has 0 fully saturated rings. The van der Waals surface area contributed by atoms with Gasteiger partial charge in [-0.05, 0) is 28.5 Å². The molecule has 68 valence electrons. The van der Waals surface area contributed by atoms with E-state index in [0.29, 0.717) is 5.92 Å². The summed E-state index contributed by atoms with van der Waals surface area (Å²) in [4.78, 5) is 1.41. The topological polar surface area (TPSA) is 0 Å². The first-order chi connectivity index (χ1) is 6.20. The Morgan fingerprint density at radius 1 is 1.23 bits per heavy atom. The molecule has 1 aromatic rings. The highest BCUT2D eigenvalue weighted by Gasteiger charge is 2.17. The number of hydrogen-bond acceptors (Lipinski definition) is 0. The summed E-state index contributed by atoms with van der Waals surface area (Å²) in [5.74, 6) is 4.77. The second-order valence-electron chi connectivity index (χ2n) is 3.65. The van der Waals surface area contributed by atoms with Gasteiger partial charge >= 0.3 is 0 Å². The van der Waals surface area contributed by atoms with E-state index < -0.39 is 0 Å². The molecule has 1 heterocycles. The lowest BCUT2D eigenvalue weighted by atomic mass is 9.97. The summed E-state index contributed by atoms with van der Waals surface area (Å²) >= 11 is 0. The Balaban J connectivity index is 2.58. The third-order valence-electron chi connectivity index (χ3n) is 2.37. The summed E-state index contributed by atoms with van der Waals surface area (Å²) in [7, 11) is 0.0895. The predicted octanol–water partition coefficient (Wildman–Crippen LogP) is 3.76. The number of allylic oxidation sites excluding steroid dienone is 1. The van der Waals surface area contributed by atoms with Gasteiger partial charge in [0.15, 0.2) is 0 Å². The van der Waals surface area contributed by atoms with Crippen LogP contribution in [0.1, 0.15) is 19.4 Å². The normalized spacial score (nSPS) is 20.2. The molecule has 1 heteroatoms. The van der Waals surface area contributed by atoms with Crippen molar-refractivity contribution in [2.45, 2.75) is 18.7 Å². The Labute approximate surface area is 82.2 Å². The minimum Gasteiger partial charge on any atom is -0.137 e. The average molecular weight is 190 g/mol. The van der Waals surface area contributed by atoms with Gasteiger partial charge < -0.3 is 0 Å². The minimum atomic E-state index is 0.0895. The maximum atomic E-state index is 4.16. The first-order valence-corrected chi connectivity index (χ1v) is 5.99. The quantitative estimate of drug-likeness (QED) is 0.591. The summed E-state index contributed by atoms with van der Waals surface area (Å²) in [5.41, 5.74) is 2.88. The van der Waals surface area contributed by atoms with Gasteiger partial charge in [-0.25, -0.2) is 0 Å². The highest BCUT2D eigenvalue weighted by atomic mass is 32.2. The van der Waals surface area contributed by atoms with Crippen LogP contribution in [-0.2, 0) is 0 Å². The van der Waals surface area contributed by atoms with E-state index in [1.165, 1.54) is 16.0 Å². The van der Waals surface area contributed by atoms with Crippen LogP contribution in [0.25, 0.3) is 5.57 Å². The lowest BCUT2D eigenvalue weighted by molar-refractivity contribution is 0.855. The molecule has 1 atom stereocenters. The monoisotopic (exact) mass is 190 g/mol. The van der Waals surface area contributed by atoms with Gasteiger partial charge in [0.05, 0.1) is 0 Å². The Morgan fingerprint density at radius 2 is 1.92 bits per heavy atom. The highest BCUT2D eigenvalue weighted by Crippen LogP contribution is 2.44. The molecule has 1 aliphatic rings. The summed E-state index contributed by atoms with van der Waals surface area (Å²) in [6.45, 7) is 4.48. The fraction of sp³-hybridized carbons (Fsp3) is 0.250. The third-order valence-corrected chi connectivity index (χ3v) is 3.83. The zero-order chi connectivity index (χ0) is 9.42. The molecule has 0 nitrogen and oxygen atoms in total. The Bertz CT molecular complexity index is 386. The molecule has 13 heavy (non-hydrogen) atoms. The van der Waals surface area contributed by atoms with Crippen LogP contribution in [0.15, 0.2) is 34.6 Å². The van der Waals surface area contributed by atoms with Crippen molar-refractivity contribution >= 4 is 21.9 Å². The molecule has 0 saturated carbocycles. The number of rotatable bonds is 1. The van der Waals surface area contributed by atoms with E-state index in [1.807, 2.05) is 0 Å². The first kappa shape index (κ1) is 8.76. The van der Waals surface area contributed by atoms with Crippen LogP contribution in [-0.4, -0.2) is 5.87 Å². The predicted molar refractivity (Wildman–Crippen MR) is 62.2 cm³/mol. The lowest BCUT2D eigenvalue weighted by Gasteiger charge is -2.07. The van der Waals surface area contributed by atoms with Crippen molar-refractivity contribution in [2.24, 2.45) is 5.92 Å². The van der Waals surface area contributed by atoms with Crippen molar-refractivity contribution in [3.63, 3.8) is 0 Å². The van der Waals surface area contributed by atoms with Crippen molar-refractivity contribution in [1.82, 2.24) is 0 Å². The number of benzene rings is 1. The molecule has 0 N–H and O–H groups in total. The standard InChI is InChI=1S/C12H14S/c1-9(2)11-8-13(3)12-7-5-4-6-10(11)12/h4-9H,3H2,1-2H3. The van der Waals surface area contributed by atoms with Gasteiger partial charge in [-0.15, -0.1) is 10.5 Å². The SMILES string of the molecule is C=S1C=C(C(C)C)c2ccccc21.